The molecule has 4 heteroatoms. The van der Waals surface area contributed by atoms with Gasteiger partial charge in [-0.25, -0.2) is 0 Å². The van der Waals surface area contributed by atoms with Crippen molar-refractivity contribution in [2.24, 2.45) is 0 Å². The monoisotopic (exact) mass is 351 g/mol. The molecule has 0 radical (unpaired) electrons. The molecule has 2 N–H and O–H groups in total. The summed E-state index contributed by atoms with van der Waals surface area (Å²) in [4.78, 5) is 11.6. The largest absolute Gasteiger partial charge is 0.504 e. The quantitative estimate of drug-likeness (QED) is 0.396. The average Bonchev–Trinajstić information content (AvgIpc) is 2.59. The van der Waals surface area contributed by atoms with Gasteiger partial charge in [0, 0.05) is 12.6 Å². The lowest BCUT2D eigenvalue weighted by Gasteiger charge is -2.07. The molecule has 0 amide bonds. The highest BCUT2D eigenvalue weighted by molar-refractivity contribution is 5.33. The van der Waals surface area contributed by atoms with E-state index in [1.165, 1.54) is 87.8 Å². The van der Waals surface area contributed by atoms with Crippen LogP contribution in [-0.2, 0) is 6.54 Å². The first kappa shape index (κ1) is 21.6. The molecule has 0 bridgehead atoms. The first-order valence-electron chi connectivity index (χ1n) is 10.3. The Hall–Kier alpha value is -1.45. The summed E-state index contributed by atoms with van der Waals surface area (Å²) in [6.07, 6.45) is 19.6. The van der Waals surface area contributed by atoms with Gasteiger partial charge in [-0.1, -0.05) is 90.4 Å². The minimum Gasteiger partial charge on any atom is -0.504 e. The highest BCUT2D eigenvalue weighted by atomic mass is 16.3. The van der Waals surface area contributed by atoms with E-state index in [4.69, 9.17) is 0 Å². The van der Waals surface area contributed by atoms with Crippen LogP contribution in [-0.4, -0.2) is 14.8 Å². The zero-order chi connectivity index (χ0) is 18.3. The number of unbranched alkanes of at least 4 members (excludes halogenated alkanes) is 13. The van der Waals surface area contributed by atoms with Gasteiger partial charge < -0.3 is 14.8 Å². The third-order valence-corrected chi connectivity index (χ3v) is 4.84. The number of pyridine rings is 1. The van der Waals surface area contributed by atoms with Gasteiger partial charge in [0.05, 0.1) is 6.20 Å². The normalized spacial score (nSPS) is 11.1. The van der Waals surface area contributed by atoms with E-state index in [2.05, 4.69) is 6.92 Å². The van der Waals surface area contributed by atoms with Crippen molar-refractivity contribution in [2.45, 2.75) is 103 Å². The Morgan fingerprint density at radius 2 is 1.16 bits per heavy atom. The van der Waals surface area contributed by atoms with Crippen LogP contribution in [0.5, 0.6) is 11.5 Å². The summed E-state index contributed by atoms with van der Waals surface area (Å²) in [6, 6.07) is 1.07. The summed E-state index contributed by atoms with van der Waals surface area (Å²) in [6.45, 7) is 2.86. The van der Waals surface area contributed by atoms with Gasteiger partial charge in [0.15, 0.2) is 11.5 Å². The van der Waals surface area contributed by atoms with Crippen LogP contribution in [0.25, 0.3) is 0 Å². The summed E-state index contributed by atoms with van der Waals surface area (Å²) in [5.41, 5.74) is -0.259. The van der Waals surface area contributed by atoms with E-state index < -0.39 is 0 Å². The number of rotatable bonds is 15. The van der Waals surface area contributed by atoms with Crippen molar-refractivity contribution < 1.29 is 10.2 Å². The summed E-state index contributed by atoms with van der Waals surface area (Å²) < 4.78 is 1.47. The van der Waals surface area contributed by atoms with Crippen LogP contribution in [0.1, 0.15) is 96.8 Å². The van der Waals surface area contributed by atoms with Crippen LogP contribution in [0, 0.1) is 0 Å². The summed E-state index contributed by atoms with van der Waals surface area (Å²) in [5.74, 6) is -0.577. The minimum atomic E-state index is -0.345. The molecule has 0 fully saturated rings. The van der Waals surface area contributed by atoms with Crippen molar-refractivity contribution in [1.29, 1.82) is 0 Å². The van der Waals surface area contributed by atoms with E-state index in [1.807, 2.05) is 0 Å². The van der Waals surface area contributed by atoms with E-state index in [9.17, 15) is 15.0 Å². The minimum absolute atomic E-state index is 0.232. The molecule has 1 aromatic rings. The van der Waals surface area contributed by atoms with Crippen LogP contribution in [0.4, 0.5) is 0 Å². The molecule has 144 valence electrons. The van der Waals surface area contributed by atoms with Crippen molar-refractivity contribution >= 4 is 0 Å². The molecule has 1 rings (SSSR count). The number of aromatic nitrogens is 1. The molecule has 0 aliphatic rings. The molecule has 0 saturated carbocycles. The predicted molar refractivity (Wildman–Crippen MR) is 104 cm³/mol. The van der Waals surface area contributed by atoms with E-state index in [0.717, 1.165) is 18.9 Å². The van der Waals surface area contributed by atoms with E-state index in [1.54, 1.807) is 0 Å². The number of aromatic hydroxyl groups is 2. The number of hydrogen-bond donors (Lipinski definition) is 2. The second-order valence-corrected chi connectivity index (χ2v) is 7.17. The molecule has 0 atom stereocenters. The Kier molecular flexibility index (Phi) is 11.9. The van der Waals surface area contributed by atoms with Gasteiger partial charge >= 0.3 is 0 Å². The Morgan fingerprint density at radius 1 is 0.720 bits per heavy atom. The van der Waals surface area contributed by atoms with Crippen LogP contribution in [0.3, 0.4) is 0 Å². The molecular formula is C21H37NO3. The van der Waals surface area contributed by atoms with E-state index in [-0.39, 0.29) is 17.1 Å². The van der Waals surface area contributed by atoms with Crippen molar-refractivity contribution in [1.82, 2.24) is 4.57 Å². The van der Waals surface area contributed by atoms with Crippen molar-refractivity contribution in [2.75, 3.05) is 0 Å². The van der Waals surface area contributed by atoms with Crippen LogP contribution >= 0.6 is 0 Å². The molecule has 0 aromatic carbocycles. The lowest BCUT2D eigenvalue weighted by atomic mass is 10.0. The van der Waals surface area contributed by atoms with Gasteiger partial charge in [-0.05, 0) is 6.42 Å². The molecule has 1 heterocycles. The lowest BCUT2D eigenvalue weighted by molar-refractivity contribution is 0.394. The fourth-order valence-corrected chi connectivity index (χ4v) is 3.20. The smallest absolute Gasteiger partial charge is 0.254 e. The first-order valence-corrected chi connectivity index (χ1v) is 10.3. The molecule has 1 aromatic heterocycles. The van der Waals surface area contributed by atoms with Crippen LogP contribution in [0.15, 0.2) is 17.1 Å². The molecule has 0 aliphatic heterocycles. The van der Waals surface area contributed by atoms with Crippen LogP contribution in [0.2, 0.25) is 0 Å². The summed E-state index contributed by atoms with van der Waals surface area (Å²) >= 11 is 0. The van der Waals surface area contributed by atoms with Crippen LogP contribution < -0.4 is 5.56 Å². The molecule has 0 aliphatic carbocycles. The second-order valence-electron chi connectivity index (χ2n) is 7.17. The Balaban J connectivity index is 1.91. The Labute approximate surface area is 152 Å². The van der Waals surface area contributed by atoms with E-state index in [0.29, 0.717) is 6.54 Å². The average molecular weight is 352 g/mol. The molecule has 0 unspecified atom stereocenters. The Morgan fingerprint density at radius 3 is 1.64 bits per heavy atom. The Bertz CT molecular complexity index is 510. The maximum absolute atomic E-state index is 11.6. The molecule has 25 heavy (non-hydrogen) atoms. The lowest BCUT2D eigenvalue weighted by Crippen LogP contribution is -2.18. The third kappa shape index (κ3) is 10.2. The molecule has 4 nitrogen and oxygen atoms in total. The standard InChI is InChI=1S/C21H37NO3/c1-2-3-4-5-6-7-8-9-10-11-12-13-14-15-16-22-18-20(24)19(23)17-21(22)25/h17-18,23-24H,2-16H2,1H3. The predicted octanol–water partition coefficient (Wildman–Crippen LogP) is 5.74. The summed E-state index contributed by atoms with van der Waals surface area (Å²) in [7, 11) is 0. The summed E-state index contributed by atoms with van der Waals surface area (Å²) in [5, 5.41) is 18.7. The SMILES string of the molecule is CCCCCCCCCCCCCCCCn1cc(O)c(O)cc1=O. The topological polar surface area (TPSA) is 62.5 Å². The third-order valence-electron chi connectivity index (χ3n) is 4.84. The number of aryl methyl sites for hydroxylation is 1. The maximum atomic E-state index is 11.6. The van der Waals surface area contributed by atoms with Gasteiger partial charge in [0.1, 0.15) is 0 Å². The molecule has 0 saturated heterocycles. The van der Waals surface area contributed by atoms with Crippen molar-refractivity contribution in [3.05, 3.63) is 22.6 Å². The highest BCUT2D eigenvalue weighted by Gasteiger charge is 2.03. The van der Waals surface area contributed by atoms with Gasteiger partial charge in [-0.2, -0.15) is 0 Å². The zero-order valence-electron chi connectivity index (χ0n) is 16.0. The zero-order valence-corrected chi connectivity index (χ0v) is 16.0. The number of hydrogen-bond acceptors (Lipinski definition) is 3. The molecule has 0 spiro atoms. The number of nitrogens with zero attached hydrogens (tertiary/aromatic N) is 1. The maximum Gasteiger partial charge on any atom is 0.254 e. The fourth-order valence-electron chi connectivity index (χ4n) is 3.20. The van der Waals surface area contributed by atoms with Crippen molar-refractivity contribution in [3.63, 3.8) is 0 Å². The van der Waals surface area contributed by atoms with Gasteiger partial charge in [0.25, 0.3) is 5.56 Å². The molecular weight excluding hydrogens is 314 g/mol. The van der Waals surface area contributed by atoms with Gasteiger partial charge in [0.2, 0.25) is 0 Å². The first-order chi connectivity index (χ1) is 12.1. The van der Waals surface area contributed by atoms with Gasteiger partial charge in [-0.3, -0.25) is 4.79 Å². The second kappa shape index (κ2) is 13.8. The van der Waals surface area contributed by atoms with Crippen molar-refractivity contribution in [3.8, 4) is 11.5 Å². The fraction of sp³-hybridized carbons (Fsp3) is 0.762. The highest BCUT2D eigenvalue weighted by Crippen LogP contribution is 2.20. The van der Waals surface area contributed by atoms with E-state index >= 15 is 0 Å². The van der Waals surface area contributed by atoms with Gasteiger partial charge in [-0.15, -0.1) is 0 Å².